The summed E-state index contributed by atoms with van der Waals surface area (Å²) < 4.78 is 0. The largest absolute Gasteiger partial charge is 0.371 e. The molecular formula is C12H16ClN. The van der Waals surface area contributed by atoms with Gasteiger partial charge >= 0.3 is 0 Å². The lowest BCUT2D eigenvalue weighted by Crippen LogP contribution is -2.20. The minimum atomic E-state index is 0.612. The Morgan fingerprint density at radius 1 is 1.43 bits per heavy atom. The first-order valence-corrected chi connectivity index (χ1v) is 5.73. The Morgan fingerprint density at radius 3 is 2.86 bits per heavy atom. The third-order valence-corrected chi connectivity index (χ3v) is 3.19. The van der Waals surface area contributed by atoms with Crippen LogP contribution >= 0.6 is 11.6 Å². The zero-order valence-electron chi connectivity index (χ0n) is 8.54. The van der Waals surface area contributed by atoms with E-state index in [4.69, 9.17) is 11.6 Å². The maximum absolute atomic E-state index is 5.92. The summed E-state index contributed by atoms with van der Waals surface area (Å²) >= 11 is 5.92. The van der Waals surface area contributed by atoms with E-state index in [1.807, 2.05) is 0 Å². The predicted octanol–water partition coefficient (Wildman–Crippen LogP) is 3.27. The zero-order valence-corrected chi connectivity index (χ0v) is 9.30. The Kier molecular flexibility index (Phi) is 2.97. The van der Waals surface area contributed by atoms with Crippen molar-refractivity contribution in [2.45, 2.75) is 19.2 Å². The van der Waals surface area contributed by atoms with Crippen LogP contribution in [0.25, 0.3) is 0 Å². The van der Waals surface area contributed by atoms with Crippen molar-refractivity contribution in [3.05, 3.63) is 29.8 Å². The smallest absolute Gasteiger partial charge is 0.0494 e. The van der Waals surface area contributed by atoms with Gasteiger partial charge in [0.15, 0.2) is 0 Å². The maximum Gasteiger partial charge on any atom is 0.0494 e. The first-order chi connectivity index (χ1) is 6.81. The fourth-order valence-corrected chi connectivity index (χ4v) is 2.31. The van der Waals surface area contributed by atoms with E-state index in [9.17, 15) is 0 Å². The SMILES string of the molecule is CC1CCN(c2ccccc2CCl)C1. The van der Waals surface area contributed by atoms with Crippen molar-refractivity contribution in [2.75, 3.05) is 18.0 Å². The first kappa shape index (κ1) is 9.85. The fourth-order valence-electron chi connectivity index (χ4n) is 2.09. The Morgan fingerprint density at radius 2 is 2.21 bits per heavy atom. The Bertz CT molecular complexity index is 311. The summed E-state index contributed by atoms with van der Waals surface area (Å²) in [6, 6.07) is 8.44. The second-order valence-electron chi connectivity index (χ2n) is 4.10. The topological polar surface area (TPSA) is 3.24 Å². The van der Waals surface area contributed by atoms with Gasteiger partial charge in [0.1, 0.15) is 0 Å². The second-order valence-corrected chi connectivity index (χ2v) is 4.37. The zero-order chi connectivity index (χ0) is 9.97. The Hall–Kier alpha value is -0.690. The van der Waals surface area contributed by atoms with Gasteiger partial charge in [-0.1, -0.05) is 25.1 Å². The molecule has 2 heteroatoms. The molecule has 0 amide bonds. The molecule has 1 nitrogen and oxygen atoms in total. The summed E-state index contributed by atoms with van der Waals surface area (Å²) in [5.41, 5.74) is 2.58. The molecule has 1 atom stereocenters. The van der Waals surface area contributed by atoms with Gasteiger partial charge in [-0.3, -0.25) is 0 Å². The summed E-state index contributed by atoms with van der Waals surface area (Å²) in [6.07, 6.45) is 1.30. The molecule has 0 N–H and O–H groups in total. The van der Waals surface area contributed by atoms with Crippen LogP contribution in [0.3, 0.4) is 0 Å². The van der Waals surface area contributed by atoms with Crippen LogP contribution in [0.1, 0.15) is 18.9 Å². The van der Waals surface area contributed by atoms with Crippen molar-refractivity contribution in [3.63, 3.8) is 0 Å². The van der Waals surface area contributed by atoms with Crippen LogP contribution in [-0.2, 0) is 5.88 Å². The molecular weight excluding hydrogens is 194 g/mol. The van der Waals surface area contributed by atoms with Crippen LogP contribution in [0, 0.1) is 5.92 Å². The van der Waals surface area contributed by atoms with Crippen LogP contribution in [0.4, 0.5) is 5.69 Å². The molecule has 1 fully saturated rings. The quantitative estimate of drug-likeness (QED) is 0.676. The van der Waals surface area contributed by atoms with Crippen LogP contribution in [0.5, 0.6) is 0 Å². The molecule has 1 aromatic carbocycles. The molecule has 1 aromatic rings. The molecule has 1 heterocycles. The van der Waals surface area contributed by atoms with Crippen LogP contribution in [0.15, 0.2) is 24.3 Å². The van der Waals surface area contributed by atoms with E-state index >= 15 is 0 Å². The van der Waals surface area contributed by atoms with Gasteiger partial charge in [0.25, 0.3) is 0 Å². The predicted molar refractivity (Wildman–Crippen MR) is 62.0 cm³/mol. The Balaban J connectivity index is 2.22. The molecule has 14 heavy (non-hydrogen) atoms. The number of nitrogens with zero attached hydrogens (tertiary/aromatic N) is 1. The van der Waals surface area contributed by atoms with E-state index in [1.54, 1.807) is 0 Å². The molecule has 0 saturated carbocycles. The van der Waals surface area contributed by atoms with Crippen molar-refractivity contribution in [3.8, 4) is 0 Å². The molecule has 0 bridgehead atoms. The van der Waals surface area contributed by atoms with Crippen molar-refractivity contribution < 1.29 is 0 Å². The van der Waals surface area contributed by atoms with Crippen LogP contribution in [0.2, 0.25) is 0 Å². The minimum Gasteiger partial charge on any atom is -0.371 e. The summed E-state index contributed by atoms with van der Waals surface area (Å²) in [6.45, 7) is 4.66. The van der Waals surface area contributed by atoms with Gasteiger partial charge in [-0.15, -0.1) is 11.6 Å². The average Bonchev–Trinajstić information content (AvgIpc) is 2.65. The lowest BCUT2D eigenvalue weighted by Gasteiger charge is -2.20. The van der Waals surface area contributed by atoms with Gasteiger partial charge in [0.05, 0.1) is 0 Å². The lowest BCUT2D eigenvalue weighted by molar-refractivity contribution is 0.659. The van der Waals surface area contributed by atoms with Gasteiger partial charge in [-0.2, -0.15) is 0 Å². The maximum atomic E-state index is 5.92. The summed E-state index contributed by atoms with van der Waals surface area (Å²) in [7, 11) is 0. The molecule has 0 radical (unpaired) electrons. The van der Waals surface area contributed by atoms with Crippen LogP contribution in [-0.4, -0.2) is 13.1 Å². The molecule has 1 aliphatic rings. The third-order valence-electron chi connectivity index (χ3n) is 2.90. The van der Waals surface area contributed by atoms with Gasteiger partial charge in [0.2, 0.25) is 0 Å². The van der Waals surface area contributed by atoms with Gasteiger partial charge in [-0.05, 0) is 24.0 Å². The molecule has 0 spiro atoms. The monoisotopic (exact) mass is 209 g/mol. The number of rotatable bonds is 2. The number of hydrogen-bond donors (Lipinski definition) is 0. The number of anilines is 1. The highest BCUT2D eigenvalue weighted by atomic mass is 35.5. The van der Waals surface area contributed by atoms with Gasteiger partial charge < -0.3 is 4.90 Å². The number of hydrogen-bond acceptors (Lipinski definition) is 1. The van der Waals surface area contributed by atoms with E-state index in [0.29, 0.717) is 5.88 Å². The number of halogens is 1. The van der Waals surface area contributed by atoms with E-state index < -0.39 is 0 Å². The third kappa shape index (κ3) is 1.88. The van der Waals surface area contributed by atoms with Gasteiger partial charge in [-0.25, -0.2) is 0 Å². The highest BCUT2D eigenvalue weighted by Crippen LogP contribution is 2.27. The molecule has 1 saturated heterocycles. The number of benzene rings is 1. The lowest BCUT2D eigenvalue weighted by atomic mass is 10.1. The highest BCUT2D eigenvalue weighted by molar-refractivity contribution is 6.17. The fraction of sp³-hybridized carbons (Fsp3) is 0.500. The number of para-hydroxylation sites is 1. The second kappa shape index (κ2) is 4.22. The molecule has 0 aromatic heterocycles. The highest BCUT2D eigenvalue weighted by Gasteiger charge is 2.20. The van der Waals surface area contributed by atoms with E-state index in [0.717, 1.165) is 5.92 Å². The standard InChI is InChI=1S/C12H16ClN/c1-10-6-7-14(9-10)12-5-3-2-4-11(12)8-13/h2-5,10H,6-9H2,1H3. The summed E-state index contributed by atoms with van der Waals surface area (Å²) in [4.78, 5) is 2.45. The number of alkyl halides is 1. The van der Waals surface area contributed by atoms with Crippen molar-refractivity contribution in [1.29, 1.82) is 0 Å². The van der Waals surface area contributed by atoms with Crippen molar-refractivity contribution >= 4 is 17.3 Å². The summed E-state index contributed by atoms with van der Waals surface area (Å²) in [5, 5.41) is 0. The molecule has 1 unspecified atom stereocenters. The van der Waals surface area contributed by atoms with E-state index in [-0.39, 0.29) is 0 Å². The van der Waals surface area contributed by atoms with Crippen molar-refractivity contribution in [2.24, 2.45) is 5.92 Å². The first-order valence-electron chi connectivity index (χ1n) is 5.20. The molecule has 1 aliphatic heterocycles. The molecule has 76 valence electrons. The normalized spacial score (nSPS) is 21.6. The minimum absolute atomic E-state index is 0.612. The van der Waals surface area contributed by atoms with Crippen molar-refractivity contribution in [1.82, 2.24) is 0 Å². The van der Waals surface area contributed by atoms with Gasteiger partial charge in [0, 0.05) is 24.7 Å². The van der Waals surface area contributed by atoms with Crippen LogP contribution < -0.4 is 4.90 Å². The average molecular weight is 210 g/mol. The summed E-state index contributed by atoms with van der Waals surface area (Å²) in [5.74, 6) is 1.43. The van der Waals surface area contributed by atoms with E-state index in [1.165, 1.54) is 30.8 Å². The van der Waals surface area contributed by atoms with E-state index in [2.05, 4.69) is 36.1 Å². The molecule has 0 aliphatic carbocycles. The molecule has 2 rings (SSSR count). The Labute approximate surface area is 90.7 Å².